The normalized spacial score (nSPS) is 11.7. The highest BCUT2D eigenvalue weighted by atomic mass is 19.1. The van der Waals surface area contributed by atoms with Gasteiger partial charge >= 0.3 is 12.0 Å². The molecule has 0 aliphatic rings. The fourth-order valence-electron chi connectivity index (χ4n) is 1.45. The van der Waals surface area contributed by atoms with Crippen LogP contribution in [0.25, 0.3) is 0 Å². The summed E-state index contributed by atoms with van der Waals surface area (Å²) in [7, 11) is 0. The molecule has 4 N–H and O–H groups in total. The predicted molar refractivity (Wildman–Crippen MR) is 66.4 cm³/mol. The van der Waals surface area contributed by atoms with E-state index in [1.54, 1.807) is 19.1 Å². The molecule has 7 heteroatoms. The molecular weight excluding hydrogens is 255 g/mol. The maximum atomic E-state index is 13.6. The van der Waals surface area contributed by atoms with Crippen molar-refractivity contribution >= 4 is 17.7 Å². The number of carboxylic acid groups (broad SMARTS) is 1. The molecule has 0 aliphatic heterocycles. The van der Waals surface area contributed by atoms with Gasteiger partial charge in [0.1, 0.15) is 11.9 Å². The van der Waals surface area contributed by atoms with Crippen molar-refractivity contribution < 1.29 is 24.2 Å². The Labute approximate surface area is 109 Å². The zero-order valence-corrected chi connectivity index (χ0v) is 10.3. The molecule has 6 nitrogen and oxygen atoms in total. The van der Waals surface area contributed by atoms with Crippen LogP contribution in [0.1, 0.15) is 12.0 Å². The third-order valence-corrected chi connectivity index (χ3v) is 2.46. The van der Waals surface area contributed by atoms with Crippen molar-refractivity contribution in [2.24, 2.45) is 0 Å². The van der Waals surface area contributed by atoms with Crippen molar-refractivity contribution in [3.8, 4) is 0 Å². The van der Waals surface area contributed by atoms with E-state index in [9.17, 15) is 14.0 Å². The highest BCUT2D eigenvalue weighted by Gasteiger charge is 2.19. The number of hydrogen-bond acceptors (Lipinski definition) is 3. The van der Waals surface area contributed by atoms with E-state index in [0.717, 1.165) is 0 Å². The first-order valence-electron chi connectivity index (χ1n) is 5.62. The van der Waals surface area contributed by atoms with Crippen LogP contribution in [0.2, 0.25) is 0 Å². The zero-order chi connectivity index (χ0) is 14.4. The minimum absolute atomic E-state index is 0.0364. The molecule has 1 aromatic carbocycles. The number of aryl methyl sites for hydroxylation is 1. The highest BCUT2D eigenvalue weighted by Crippen LogP contribution is 2.16. The Hall–Kier alpha value is -2.15. The lowest BCUT2D eigenvalue weighted by Gasteiger charge is -2.14. The van der Waals surface area contributed by atoms with Crippen LogP contribution in [0, 0.1) is 12.7 Å². The van der Waals surface area contributed by atoms with Gasteiger partial charge in [-0.1, -0.05) is 12.1 Å². The molecule has 0 unspecified atom stereocenters. The molecule has 0 aliphatic carbocycles. The Morgan fingerprint density at radius 3 is 2.68 bits per heavy atom. The van der Waals surface area contributed by atoms with Crippen LogP contribution >= 0.6 is 0 Å². The molecule has 0 spiro atoms. The standard InChI is InChI=1S/C12H15FN2O4/c1-7-3-2-4-8(10(7)13)14-12(19)15-9(5-6-16)11(17)18/h2-4,9,16H,5-6H2,1H3,(H,17,18)(H2,14,15,19)/t9-/m1/s1. The molecular formula is C12H15FN2O4. The lowest BCUT2D eigenvalue weighted by atomic mass is 10.2. The second kappa shape index (κ2) is 6.69. The number of carbonyl (C=O) groups is 2. The van der Waals surface area contributed by atoms with E-state index < -0.39 is 23.9 Å². The van der Waals surface area contributed by atoms with Crippen molar-refractivity contribution in [1.82, 2.24) is 5.32 Å². The van der Waals surface area contributed by atoms with Gasteiger partial charge in [0.2, 0.25) is 0 Å². The topological polar surface area (TPSA) is 98.7 Å². The lowest BCUT2D eigenvalue weighted by molar-refractivity contribution is -0.139. The van der Waals surface area contributed by atoms with E-state index in [0.29, 0.717) is 5.56 Å². The van der Waals surface area contributed by atoms with Crippen molar-refractivity contribution in [1.29, 1.82) is 0 Å². The summed E-state index contributed by atoms with van der Waals surface area (Å²) >= 11 is 0. The summed E-state index contributed by atoms with van der Waals surface area (Å²) in [6.45, 7) is 1.17. The first-order chi connectivity index (χ1) is 8.95. The molecule has 1 atom stereocenters. The number of urea groups is 1. The molecule has 0 fully saturated rings. The number of nitrogens with one attached hydrogen (secondary N) is 2. The maximum Gasteiger partial charge on any atom is 0.326 e. The molecule has 0 saturated heterocycles. The fraction of sp³-hybridized carbons (Fsp3) is 0.333. The largest absolute Gasteiger partial charge is 0.480 e. The fourth-order valence-corrected chi connectivity index (χ4v) is 1.45. The smallest absolute Gasteiger partial charge is 0.326 e. The number of aliphatic hydroxyl groups excluding tert-OH is 1. The van der Waals surface area contributed by atoms with Crippen molar-refractivity contribution in [2.45, 2.75) is 19.4 Å². The van der Waals surface area contributed by atoms with Gasteiger partial charge in [-0.25, -0.2) is 14.0 Å². The minimum Gasteiger partial charge on any atom is -0.480 e. The van der Waals surface area contributed by atoms with Crippen LogP contribution < -0.4 is 10.6 Å². The van der Waals surface area contributed by atoms with Crippen molar-refractivity contribution in [3.05, 3.63) is 29.6 Å². The SMILES string of the molecule is Cc1cccc(NC(=O)N[C@H](CCO)C(=O)O)c1F. The van der Waals surface area contributed by atoms with Crippen LogP contribution in [0.4, 0.5) is 14.9 Å². The molecule has 19 heavy (non-hydrogen) atoms. The minimum atomic E-state index is -1.27. The Bertz CT molecular complexity index is 479. The highest BCUT2D eigenvalue weighted by molar-refractivity contribution is 5.92. The average molecular weight is 270 g/mol. The number of anilines is 1. The Kier molecular flexibility index (Phi) is 5.25. The Morgan fingerprint density at radius 2 is 2.11 bits per heavy atom. The van der Waals surface area contributed by atoms with Gasteiger partial charge in [-0.3, -0.25) is 0 Å². The second-order valence-electron chi connectivity index (χ2n) is 3.94. The monoisotopic (exact) mass is 270 g/mol. The van der Waals surface area contributed by atoms with Gasteiger partial charge in [-0.2, -0.15) is 0 Å². The van der Waals surface area contributed by atoms with E-state index in [1.807, 2.05) is 0 Å². The number of carbonyl (C=O) groups excluding carboxylic acids is 1. The summed E-state index contributed by atoms with van der Waals surface area (Å²) in [5.74, 6) is -1.85. The van der Waals surface area contributed by atoms with Gasteiger partial charge in [0, 0.05) is 13.0 Å². The zero-order valence-electron chi connectivity index (χ0n) is 10.3. The number of carboxylic acids is 1. The van der Waals surface area contributed by atoms with Crippen molar-refractivity contribution in [3.63, 3.8) is 0 Å². The lowest BCUT2D eigenvalue weighted by Crippen LogP contribution is -2.43. The molecule has 1 rings (SSSR count). The van der Waals surface area contributed by atoms with E-state index >= 15 is 0 Å². The van der Waals surface area contributed by atoms with E-state index in [-0.39, 0.29) is 18.7 Å². The number of halogens is 1. The van der Waals surface area contributed by atoms with Crippen LogP contribution in [0.15, 0.2) is 18.2 Å². The summed E-state index contributed by atoms with van der Waals surface area (Å²) in [4.78, 5) is 22.3. The molecule has 2 amide bonds. The maximum absolute atomic E-state index is 13.6. The summed E-state index contributed by atoms with van der Waals surface area (Å²) in [6, 6.07) is 2.41. The van der Waals surface area contributed by atoms with Crippen LogP contribution in [-0.4, -0.2) is 34.9 Å². The number of aliphatic carboxylic acids is 1. The first kappa shape index (κ1) is 14.9. The van der Waals surface area contributed by atoms with Gasteiger partial charge in [0.25, 0.3) is 0 Å². The van der Waals surface area contributed by atoms with Gasteiger partial charge in [0.05, 0.1) is 5.69 Å². The third kappa shape index (κ3) is 4.22. The number of benzene rings is 1. The summed E-state index contributed by atoms with van der Waals surface area (Å²) in [5, 5.41) is 21.8. The summed E-state index contributed by atoms with van der Waals surface area (Å²) < 4.78 is 13.6. The summed E-state index contributed by atoms with van der Waals surface area (Å²) in [6.07, 6.45) is -0.126. The van der Waals surface area contributed by atoms with Crippen LogP contribution in [0.5, 0.6) is 0 Å². The number of rotatable bonds is 5. The third-order valence-electron chi connectivity index (χ3n) is 2.46. The molecule has 0 saturated carbocycles. The number of aliphatic hydroxyl groups is 1. The molecule has 1 aromatic rings. The van der Waals surface area contributed by atoms with E-state index in [1.165, 1.54) is 6.07 Å². The summed E-state index contributed by atoms with van der Waals surface area (Å²) in [5.41, 5.74) is 0.327. The van der Waals surface area contributed by atoms with Gasteiger partial charge < -0.3 is 20.8 Å². The molecule has 104 valence electrons. The van der Waals surface area contributed by atoms with Crippen LogP contribution in [0.3, 0.4) is 0 Å². The number of hydrogen-bond donors (Lipinski definition) is 4. The molecule has 0 heterocycles. The Balaban J connectivity index is 2.69. The van der Waals surface area contributed by atoms with E-state index in [4.69, 9.17) is 10.2 Å². The molecule has 0 aromatic heterocycles. The first-order valence-corrected chi connectivity index (χ1v) is 5.62. The second-order valence-corrected chi connectivity index (χ2v) is 3.94. The van der Waals surface area contributed by atoms with Gasteiger partial charge in [0.15, 0.2) is 0 Å². The van der Waals surface area contributed by atoms with E-state index in [2.05, 4.69) is 10.6 Å². The van der Waals surface area contributed by atoms with Crippen molar-refractivity contribution in [2.75, 3.05) is 11.9 Å². The predicted octanol–water partition coefficient (Wildman–Crippen LogP) is 1.09. The van der Waals surface area contributed by atoms with Crippen LogP contribution in [-0.2, 0) is 4.79 Å². The number of amides is 2. The average Bonchev–Trinajstić information content (AvgIpc) is 2.34. The molecule has 0 bridgehead atoms. The Morgan fingerprint density at radius 1 is 1.42 bits per heavy atom. The van der Waals surface area contributed by atoms with Gasteiger partial charge in [-0.05, 0) is 18.6 Å². The van der Waals surface area contributed by atoms with Gasteiger partial charge in [-0.15, -0.1) is 0 Å². The molecule has 0 radical (unpaired) electrons. The quantitative estimate of drug-likeness (QED) is 0.643.